The first-order valence-electron chi connectivity index (χ1n) is 7.20. The van der Waals surface area contributed by atoms with Crippen molar-refractivity contribution in [3.05, 3.63) is 35.9 Å². The molecular weight excluding hydrogens is 286 g/mol. The molecule has 3 unspecified atom stereocenters. The molecule has 2 rings (SSSR count). The number of thioether (sulfide) groups is 1. The maximum atomic E-state index is 12.1. The zero-order chi connectivity index (χ0) is 15.2. The lowest BCUT2D eigenvalue weighted by Gasteiger charge is -2.18. The minimum absolute atomic E-state index is 0.0398. The van der Waals surface area contributed by atoms with E-state index < -0.39 is 11.9 Å². The molecule has 0 spiro atoms. The van der Waals surface area contributed by atoms with Crippen molar-refractivity contribution in [3.8, 4) is 0 Å². The molecule has 1 aromatic rings. The van der Waals surface area contributed by atoms with Gasteiger partial charge in [0.15, 0.2) is 0 Å². The Morgan fingerprint density at radius 3 is 2.62 bits per heavy atom. The number of carbonyl (C=O) groups is 2. The van der Waals surface area contributed by atoms with Gasteiger partial charge in [0.2, 0.25) is 5.91 Å². The van der Waals surface area contributed by atoms with Gasteiger partial charge in [0.05, 0.1) is 5.92 Å². The van der Waals surface area contributed by atoms with Crippen molar-refractivity contribution < 1.29 is 14.7 Å². The van der Waals surface area contributed by atoms with E-state index in [1.807, 2.05) is 42.1 Å². The Balaban J connectivity index is 1.90. The van der Waals surface area contributed by atoms with E-state index >= 15 is 0 Å². The Labute approximate surface area is 129 Å². The van der Waals surface area contributed by atoms with Crippen LogP contribution in [0.2, 0.25) is 0 Å². The van der Waals surface area contributed by atoms with Gasteiger partial charge in [-0.3, -0.25) is 9.59 Å². The summed E-state index contributed by atoms with van der Waals surface area (Å²) in [4.78, 5) is 23.4. The normalized spacial score (nSPS) is 22.7. The molecule has 1 aliphatic rings. The zero-order valence-electron chi connectivity index (χ0n) is 12.1. The fourth-order valence-corrected chi connectivity index (χ4v) is 3.89. The lowest BCUT2D eigenvalue weighted by Crippen LogP contribution is -2.40. The third-order valence-corrected chi connectivity index (χ3v) is 5.17. The number of hydrogen-bond acceptors (Lipinski definition) is 3. The maximum absolute atomic E-state index is 12.1. The summed E-state index contributed by atoms with van der Waals surface area (Å²) in [6.07, 6.45) is 0.427. The predicted molar refractivity (Wildman–Crippen MR) is 84.3 cm³/mol. The van der Waals surface area contributed by atoms with Crippen molar-refractivity contribution in [1.82, 2.24) is 5.32 Å². The number of carboxylic acids is 1. The van der Waals surface area contributed by atoms with E-state index in [9.17, 15) is 14.7 Å². The second-order valence-corrected chi connectivity index (χ2v) is 6.69. The number of carboxylic acid groups (broad SMARTS) is 1. The molecule has 0 bridgehead atoms. The topological polar surface area (TPSA) is 66.4 Å². The lowest BCUT2D eigenvalue weighted by molar-refractivity contribution is -0.144. The first-order valence-corrected chi connectivity index (χ1v) is 8.35. The molecule has 1 aliphatic heterocycles. The van der Waals surface area contributed by atoms with Crippen LogP contribution in [0.3, 0.4) is 0 Å². The Kier molecular flexibility index (Phi) is 5.67. The number of amides is 1. The summed E-state index contributed by atoms with van der Waals surface area (Å²) < 4.78 is 0. The highest BCUT2D eigenvalue weighted by Gasteiger charge is 2.27. The molecule has 1 aromatic carbocycles. The molecule has 1 amide bonds. The molecule has 4 nitrogen and oxygen atoms in total. The summed E-state index contributed by atoms with van der Waals surface area (Å²) in [5, 5.41) is 12.3. The van der Waals surface area contributed by atoms with Gasteiger partial charge in [-0.1, -0.05) is 37.3 Å². The van der Waals surface area contributed by atoms with Crippen LogP contribution in [0.4, 0.5) is 0 Å². The Bertz CT molecular complexity index is 492. The van der Waals surface area contributed by atoms with Crippen LogP contribution in [0.5, 0.6) is 0 Å². The molecule has 5 heteroatoms. The molecule has 0 aromatic heterocycles. The molecule has 3 atom stereocenters. The number of hydrogen-bond donors (Lipinski definition) is 2. The summed E-state index contributed by atoms with van der Waals surface area (Å²) in [6, 6.07) is 9.61. The molecule has 1 saturated heterocycles. The van der Waals surface area contributed by atoms with Gasteiger partial charge in [0, 0.05) is 18.2 Å². The van der Waals surface area contributed by atoms with Crippen molar-refractivity contribution in [2.75, 3.05) is 11.5 Å². The molecule has 0 aliphatic carbocycles. The van der Waals surface area contributed by atoms with E-state index in [1.165, 1.54) is 0 Å². The number of nitrogens with one attached hydrogen (secondary N) is 1. The zero-order valence-corrected chi connectivity index (χ0v) is 12.9. The van der Waals surface area contributed by atoms with Gasteiger partial charge in [0.1, 0.15) is 0 Å². The minimum atomic E-state index is -0.914. The second-order valence-electron chi connectivity index (χ2n) is 5.62. The average Bonchev–Trinajstić information content (AvgIpc) is 2.84. The molecular formula is C16H21NO3S. The summed E-state index contributed by atoms with van der Waals surface area (Å²) in [7, 11) is 0. The second kappa shape index (κ2) is 7.50. The van der Waals surface area contributed by atoms with Crippen molar-refractivity contribution in [2.45, 2.75) is 25.8 Å². The highest BCUT2D eigenvalue weighted by molar-refractivity contribution is 7.99. The van der Waals surface area contributed by atoms with Crippen LogP contribution < -0.4 is 5.32 Å². The Morgan fingerprint density at radius 1 is 1.33 bits per heavy atom. The first-order chi connectivity index (χ1) is 10.1. The van der Waals surface area contributed by atoms with E-state index in [0.29, 0.717) is 12.3 Å². The molecule has 2 N–H and O–H groups in total. The van der Waals surface area contributed by atoms with Gasteiger partial charge in [-0.2, -0.15) is 11.8 Å². The highest BCUT2D eigenvalue weighted by atomic mass is 32.2. The summed E-state index contributed by atoms with van der Waals surface area (Å²) in [6.45, 7) is 2.11. The van der Waals surface area contributed by atoms with Crippen molar-refractivity contribution in [2.24, 2.45) is 11.8 Å². The average molecular weight is 307 g/mol. The van der Waals surface area contributed by atoms with Gasteiger partial charge in [-0.15, -0.1) is 0 Å². The van der Waals surface area contributed by atoms with E-state index in [-0.39, 0.29) is 18.4 Å². The minimum Gasteiger partial charge on any atom is -0.481 e. The smallest absolute Gasteiger partial charge is 0.307 e. The van der Waals surface area contributed by atoms with Gasteiger partial charge in [-0.25, -0.2) is 0 Å². The van der Waals surface area contributed by atoms with Crippen LogP contribution in [0.1, 0.15) is 18.9 Å². The number of aliphatic carboxylic acids is 1. The molecule has 21 heavy (non-hydrogen) atoms. The van der Waals surface area contributed by atoms with Crippen LogP contribution in [0.25, 0.3) is 0 Å². The molecule has 1 heterocycles. The van der Waals surface area contributed by atoms with Crippen molar-refractivity contribution in [3.63, 3.8) is 0 Å². The number of carbonyl (C=O) groups excluding carboxylic acids is 1. The summed E-state index contributed by atoms with van der Waals surface area (Å²) in [5.74, 6) is 0.689. The molecule has 114 valence electrons. The SMILES string of the molecule is CC1CSCC1NC(=O)CC(Cc1ccccc1)C(=O)O. The van der Waals surface area contributed by atoms with Gasteiger partial charge >= 0.3 is 5.97 Å². The Morgan fingerprint density at radius 2 is 2.05 bits per heavy atom. The largest absolute Gasteiger partial charge is 0.481 e. The third kappa shape index (κ3) is 4.77. The van der Waals surface area contributed by atoms with Crippen LogP contribution in [-0.2, 0) is 16.0 Å². The van der Waals surface area contributed by atoms with Crippen LogP contribution in [0, 0.1) is 11.8 Å². The van der Waals surface area contributed by atoms with Crippen LogP contribution in [0.15, 0.2) is 30.3 Å². The van der Waals surface area contributed by atoms with E-state index in [2.05, 4.69) is 12.2 Å². The Hall–Kier alpha value is -1.49. The van der Waals surface area contributed by atoms with Gasteiger partial charge in [-0.05, 0) is 23.7 Å². The maximum Gasteiger partial charge on any atom is 0.307 e. The highest BCUT2D eigenvalue weighted by Crippen LogP contribution is 2.24. The molecule has 1 fully saturated rings. The fourth-order valence-electron chi connectivity index (χ4n) is 2.48. The number of rotatable bonds is 6. The molecule has 0 saturated carbocycles. The van der Waals surface area contributed by atoms with Crippen molar-refractivity contribution in [1.29, 1.82) is 0 Å². The van der Waals surface area contributed by atoms with Gasteiger partial charge < -0.3 is 10.4 Å². The summed E-state index contributed by atoms with van der Waals surface area (Å²) >= 11 is 1.83. The van der Waals surface area contributed by atoms with Crippen LogP contribution >= 0.6 is 11.8 Å². The van der Waals surface area contributed by atoms with Crippen molar-refractivity contribution >= 4 is 23.6 Å². The predicted octanol–water partition coefficient (Wildman–Crippen LogP) is 2.19. The first kappa shape index (κ1) is 15.9. The third-order valence-electron chi connectivity index (χ3n) is 3.82. The van der Waals surface area contributed by atoms with Gasteiger partial charge in [0.25, 0.3) is 0 Å². The quantitative estimate of drug-likeness (QED) is 0.845. The summed E-state index contributed by atoms with van der Waals surface area (Å²) in [5.41, 5.74) is 0.947. The van der Waals surface area contributed by atoms with Crippen LogP contribution in [-0.4, -0.2) is 34.5 Å². The fraction of sp³-hybridized carbons (Fsp3) is 0.500. The van der Waals surface area contributed by atoms with E-state index in [4.69, 9.17) is 0 Å². The van der Waals surface area contributed by atoms with E-state index in [0.717, 1.165) is 17.1 Å². The standard InChI is InChI=1S/C16H21NO3S/c1-11-9-21-10-14(11)17-15(18)8-13(16(19)20)7-12-5-3-2-4-6-12/h2-6,11,13-14H,7-10H2,1H3,(H,17,18)(H,19,20). The van der Waals surface area contributed by atoms with E-state index in [1.54, 1.807) is 0 Å². The number of benzene rings is 1. The monoisotopic (exact) mass is 307 g/mol. The lowest BCUT2D eigenvalue weighted by atomic mass is 9.95. The molecule has 0 radical (unpaired) electrons.